The van der Waals surface area contributed by atoms with E-state index in [9.17, 15) is 0 Å². The topological polar surface area (TPSA) is 30.5 Å². The molecule has 0 bridgehead atoms. The minimum absolute atomic E-state index is 0.182. The Morgan fingerprint density at radius 1 is 1.35 bits per heavy atom. The van der Waals surface area contributed by atoms with Gasteiger partial charge in [-0.2, -0.15) is 0 Å². The maximum atomic E-state index is 5.75. The number of hydrogen-bond donors (Lipinski definition) is 1. The van der Waals surface area contributed by atoms with Gasteiger partial charge in [-0.25, -0.2) is 0 Å². The summed E-state index contributed by atoms with van der Waals surface area (Å²) >= 11 is 0. The van der Waals surface area contributed by atoms with Crippen LogP contribution in [0.3, 0.4) is 0 Å². The molecule has 0 saturated heterocycles. The Kier molecular flexibility index (Phi) is 5.44. The highest BCUT2D eigenvalue weighted by molar-refractivity contribution is 5.41. The van der Waals surface area contributed by atoms with Crippen LogP contribution in [0.2, 0.25) is 0 Å². The van der Waals surface area contributed by atoms with Crippen molar-refractivity contribution in [3.05, 3.63) is 29.3 Å². The van der Waals surface area contributed by atoms with E-state index in [1.807, 2.05) is 7.11 Å². The van der Waals surface area contributed by atoms with Crippen LogP contribution >= 0.6 is 0 Å². The first-order chi connectivity index (χ1) is 9.67. The molecule has 1 aromatic carbocycles. The zero-order valence-electron chi connectivity index (χ0n) is 13.1. The van der Waals surface area contributed by atoms with E-state index < -0.39 is 0 Å². The zero-order valence-corrected chi connectivity index (χ0v) is 13.1. The Labute approximate surface area is 122 Å². The van der Waals surface area contributed by atoms with E-state index in [0.717, 1.165) is 31.7 Å². The van der Waals surface area contributed by atoms with Gasteiger partial charge < -0.3 is 14.8 Å². The number of benzene rings is 1. The molecule has 3 nitrogen and oxygen atoms in total. The molecule has 0 saturated carbocycles. The Morgan fingerprint density at radius 2 is 2.15 bits per heavy atom. The summed E-state index contributed by atoms with van der Waals surface area (Å²) < 4.78 is 11.3. The largest absolute Gasteiger partial charge is 0.493 e. The van der Waals surface area contributed by atoms with Gasteiger partial charge in [0, 0.05) is 13.5 Å². The summed E-state index contributed by atoms with van der Waals surface area (Å²) in [6.07, 6.45) is 2.32. The van der Waals surface area contributed by atoms with Crippen molar-refractivity contribution in [3.63, 3.8) is 0 Å². The van der Waals surface area contributed by atoms with E-state index in [2.05, 4.69) is 44.3 Å². The molecular formula is C17H27NO2. The van der Waals surface area contributed by atoms with Gasteiger partial charge in [0.05, 0.1) is 18.8 Å². The Hall–Kier alpha value is -1.06. The van der Waals surface area contributed by atoms with Gasteiger partial charge in [-0.05, 0) is 36.1 Å². The number of nitrogens with one attached hydrogen (secondary N) is 1. The summed E-state index contributed by atoms with van der Waals surface area (Å²) in [5, 5.41) is 3.64. The van der Waals surface area contributed by atoms with Crippen molar-refractivity contribution in [2.45, 2.75) is 45.8 Å². The van der Waals surface area contributed by atoms with Gasteiger partial charge in [0.25, 0.3) is 0 Å². The molecule has 0 fully saturated rings. The molecular weight excluding hydrogens is 250 g/mol. The Bertz CT molecular complexity index is 431. The average Bonchev–Trinajstić information content (AvgIpc) is 2.90. The fourth-order valence-corrected chi connectivity index (χ4v) is 2.92. The maximum Gasteiger partial charge on any atom is 0.122 e. The van der Waals surface area contributed by atoms with Crippen molar-refractivity contribution in [1.29, 1.82) is 0 Å². The summed E-state index contributed by atoms with van der Waals surface area (Å²) in [5.74, 6) is 1.51. The third kappa shape index (κ3) is 3.33. The molecule has 0 aliphatic carbocycles. The van der Waals surface area contributed by atoms with Crippen molar-refractivity contribution in [3.8, 4) is 5.75 Å². The van der Waals surface area contributed by atoms with Gasteiger partial charge in [-0.3, -0.25) is 0 Å². The van der Waals surface area contributed by atoms with Crippen molar-refractivity contribution in [2.75, 3.05) is 20.3 Å². The predicted molar refractivity (Wildman–Crippen MR) is 82.3 cm³/mol. The Balaban J connectivity index is 2.25. The highest BCUT2D eigenvalue weighted by atomic mass is 16.5. The minimum atomic E-state index is 0.182. The van der Waals surface area contributed by atoms with Crippen LogP contribution in [-0.2, 0) is 11.2 Å². The molecule has 0 radical (unpaired) electrons. The monoisotopic (exact) mass is 277 g/mol. The fraction of sp³-hybridized carbons (Fsp3) is 0.647. The molecule has 2 rings (SSSR count). The standard InChI is InChI=1S/C17H27NO2/c1-5-9-18-16(17(19-4)12(2)3)14-6-7-15-13(11-14)8-10-20-15/h6-7,11-12,16-18H,5,8-10H2,1-4H3. The van der Waals surface area contributed by atoms with E-state index in [0.29, 0.717) is 5.92 Å². The highest BCUT2D eigenvalue weighted by Gasteiger charge is 2.26. The highest BCUT2D eigenvalue weighted by Crippen LogP contribution is 2.31. The lowest BCUT2D eigenvalue weighted by Gasteiger charge is -2.30. The number of fused-ring (bicyclic) bond motifs is 1. The van der Waals surface area contributed by atoms with E-state index in [4.69, 9.17) is 9.47 Å². The summed E-state index contributed by atoms with van der Waals surface area (Å²) in [6.45, 7) is 8.43. The van der Waals surface area contributed by atoms with Gasteiger partial charge in [-0.1, -0.05) is 32.9 Å². The summed E-state index contributed by atoms with van der Waals surface area (Å²) in [5.41, 5.74) is 2.63. The SMILES string of the molecule is CCCNC(c1ccc2c(c1)CCO2)C(OC)C(C)C. The van der Waals surface area contributed by atoms with Crippen molar-refractivity contribution >= 4 is 0 Å². The molecule has 1 heterocycles. The average molecular weight is 277 g/mol. The molecule has 1 aliphatic heterocycles. The lowest BCUT2D eigenvalue weighted by molar-refractivity contribution is 0.0326. The summed E-state index contributed by atoms with van der Waals surface area (Å²) in [6, 6.07) is 6.80. The fourth-order valence-electron chi connectivity index (χ4n) is 2.92. The Morgan fingerprint density at radius 3 is 2.80 bits per heavy atom. The van der Waals surface area contributed by atoms with Crippen LogP contribution in [0.1, 0.15) is 44.4 Å². The van der Waals surface area contributed by atoms with Crippen molar-refractivity contribution in [2.24, 2.45) is 5.92 Å². The van der Waals surface area contributed by atoms with E-state index in [-0.39, 0.29) is 12.1 Å². The second kappa shape index (κ2) is 7.09. The van der Waals surface area contributed by atoms with Crippen LogP contribution in [-0.4, -0.2) is 26.4 Å². The third-order valence-electron chi connectivity index (χ3n) is 3.94. The van der Waals surface area contributed by atoms with Gasteiger partial charge >= 0.3 is 0 Å². The molecule has 0 amide bonds. The molecule has 1 aliphatic rings. The predicted octanol–water partition coefficient (Wildman–Crippen LogP) is 3.33. The van der Waals surface area contributed by atoms with Crippen LogP contribution in [0.15, 0.2) is 18.2 Å². The molecule has 1 aromatic rings. The van der Waals surface area contributed by atoms with E-state index in [1.165, 1.54) is 11.1 Å². The van der Waals surface area contributed by atoms with E-state index >= 15 is 0 Å². The summed E-state index contributed by atoms with van der Waals surface area (Å²) in [4.78, 5) is 0. The van der Waals surface area contributed by atoms with Gasteiger partial charge in [0.2, 0.25) is 0 Å². The molecule has 112 valence electrons. The smallest absolute Gasteiger partial charge is 0.122 e. The maximum absolute atomic E-state index is 5.75. The molecule has 0 spiro atoms. The number of hydrogen-bond acceptors (Lipinski definition) is 3. The molecule has 1 N–H and O–H groups in total. The van der Waals surface area contributed by atoms with E-state index in [1.54, 1.807) is 0 Å². The second-order valence-electron chi connectivity index (χ2n) is 5.84. The van der Waals surface area contributed by atoms with Crippen LogP contribution in [0.25, 0.3) is 0 Å². The first kappa shape index (κ1) is 15.3. The lowest BCUT2D eigenvalue weighted by atomic mass is 9.92. The normalized spacial score (nSPS) is 16.9. The van der Waals surface area contributed by atoms with Gasteiger partial charge in [0.15, 0.2) is 0 Å². The van der Waals surface area contributed by atoms with Crippen LogP contribution < -0.4 is 10.1 Å². The van der Waals surface area contributed by atoms with Crippen LogP contribution in [0.5, 0.6) is 5.75 Å². The number of rotatable bonds is 7. The molecule has 2 unspecified atom stereocenters. The molecule has 0 aromatic heterocycles. The van der Waals surface area contributed by atoms with Crippen LogP contribution in [0.4, 0.5) is 0 Å². The number of methoxy groups -OCH3 is 1. The number of ether oxygens (including phenoxy) is 2. The molecule has 3 heteroatoms. The quantitative estimate of drug-likeness (QED) is 0.829. The zero-order chi connectivity index (χ0) is 14.5. The first-order valence-electron chi connectivity index (χ1n) is 7.69. The van der Waals surface area contributed by atoms with Crippen LogP contribution in [0, 0.1) is 5.92 Å². The molecule has 2 atom stereocenters. The van der Waals surface area contributed by atoms with Gasteiger partial charge in [0.1, 0.15) is 5.75 Å². The lowest BCUT2D eigenvalue weighted by Crippen LogP contribution is -2.37. The van der Waals surface area contributed by atoms with Crippen molar-refractivity contribution < 1.29 is 9.47 Å². The minimum Gasteiger partial charge on any atom is -0.493 e. The van der Waals surface area contributed by atoms with Crippen molar-refractivity contribution in [1.82, 2.24) is 5.32 Å². The second-order valence-corrected chi connectivity index (χ2v) is 5.84. The molecule has 20 heavy (non-hydrogen) atoms. The third-order valence-corrected chi connectivity index (χ3v) is 3.94. The summed E-state index contributed by atoms with van der Waals surface area (Å²) in [7, 11) is 1.81. The first-order valence-corrected chi connectivity index (χ1v) is 7.69. The van der Waals surface area contributed by atoms with Gasteiger partial charge in [-0.15, -0.1) is 0 Å².